The van der Waals surface area contributed by atoms with E-state index in [1.807, 2.05) is 19.1 Å². The van der Waals surface area contributed by atoms with E-state index < -0.39 is 22.5 Å². The average molecular weight is 348 g/mol. The molecule has 2 heterocycles. The Morgan fingerprint density at radius 2 is 2.04 bits per heavy atom. The Morgan fingerprint density at radius 1 is 1.33 bits per heavy atom. The first kappa shape index (κ1) is 16.2. The van der Waals surface area contributed by atoms with Crippen LogP contribution in [0.4, 0.5) is 11.5 Å². The maximum absolute atomic E-state index is 12.2. The lowest BCUT2D eigenvalue weighted by Crippen LogP contribution is -2.25. The monoisotopic (exact) mass is 347 g/mol. The molecule has 0 saturated carbocycles. The number of pyridine rings is 1. The number of anilines is 1. The second-order valence-corrected chi connectivity index (χ2v) is 6.16. The number of cyclic esters (lactones) is 1. The van der Waals surface area contributed by atoms with E-state index in [0.29, 0.717) is 17.3 Å². The van der Waals surface area contributed by atoms with Crippen molar-refractivity contribution in [3.63, 3.8) is 0 Å². The SMILES string of the molecule is CC1(c2ccc(Cl)cc2)CC(Nc2ccc([N+](=O)[O-])cn2)C(=O)O1. The van der Waals surface area contributed by atoms with Gasteiger partial charge in [-0.1, -0.05) is 23.7 Å². The average Bonchev–Trinajstić information content (AvgIpc) is 2.83. The summed E-state index contributed by atoms with van der Waals surface area (Å²) in [5.41, 5.74) is -0.0260. The summed E-state index contributed by atoms with van der Waals surface area (Å²) in [6, 6.07) is 9.34. The number of nitrogens with zero attached hydrogens (tertiary/aromatic N) is 2. The first-order chi connectivity index (χ1) is 11.4. The van der Waals surface area contributed by atoms with Crippen LogP contribution >= 0.6 is 11.6 Å². The van der Waals surface area contributed by atoms with Gasteiger partial charge >= 0.3 is 5.97 Å². The molecular formula is C16H14ClN3O4. The van der Waals surface area contributed by atoms with Crippen LogP contribution in [0.1, 0.15) is 18.9 Å². The molecule has 8 heteroatoms. The molecule has 1 N–H and O–H groups in total. The lowest BCUT2D eigenvalue weighted by atomic mass is 9.91. The summed E-state index contributed by atoms with van der Waals surface area (Å²) in [5, 5.41) is 14.2. The Bertz CT molecular complexity index is 779. The number of benzene rings is 1. The first-order valence-corrected chi connectivity index (χ1v) is 7.61. The van der Waals surface area contributed by atoms with Gasteiger partial charge in [-0.25, -0.2) is 9.78 Å². The Morgan fingerprint density at radius 3 is 2.62 bits per heavy atom. The van der Waals surface area contributed by atoms with Gasteiger partial charge in [0.25, 0.3) is 5.69 Å². The summed E-state index contributed by atoms with van der Waals surface area (Å²) in [5.74, 6) is -0.0180. The van der Waals surface area contributed by atoms with Gasteiger partial charge in [-0.3, -0.25) is 10.1 Å². The van der Waals surface area contributed by atoms with Crippen molar-refractivity contribution in [2.45, 2.75) is 25.0 Å². The van der Waals surface area contributed by atoms with E-state index >= 15 is 0 Å². The van der Waals surface area contributed by atoms with Crippen LogP contribution in [0.2, 0.25) is 5.02 Å². The number of rotatable bonds is 4. The second kappa shape index (κ2) is 6.09. The van der Waals surface area contributed by atoms with Gasteiger partial charge in [-0.2, -0.15) is 0 Å². The number of halogens is 1. The van der Waals surface area contributed by atoms with Crippen LogP contribution in [-0.2, 0) is 15.1 Å². The molecular weight excluding hydrogens is 334 g/mol. The third-order valence-corrected chi connectivity index (χ3v) is 4.19. The molecule has 0 bridgehead atoms. The predicted molar refractivity (Wildman–Crippen MR) is 87.8 cm³/mol. The molecule has 24 heavy (non-hydrogen) atoms. The molecule has 1 aromatic heterocycles. The largest absolute Gasteiger partial charge is 0.453 e. The van der Waals surface area contributed by atoms with E-state index in [1.54, 1.807) is 12.1 Å². The Balaban J connectivity index is 1.75. The standard InChI is InChI=1S/C16H14ClN3O4/c1-16(10-2-4-11(17)5-3-10)8-13(15(21)24-16)19-14-7-6-12(9-18-14)20(22)23/h2-7,9,13H,8H2,1H3,(H,18,19). The lowest BCUT2D eigenvalue weighted by Gasteiger charge is -2.23. The van der Waals surface area contributed by atoms with E-state index in [1.165, 1.54) is 12.1 Å². The van der Waals surface area contributed by atoms with E-state index in [2.05, 4.69) is 10.3 Å². The molecule has 1 aliphatic rings. The van der Waals surface area contributed by atoms with E-state index in [0.717, 1.165) is 11.8 Å². The van der Waals surface area contributed by atoms with E-state index in [-0.39, 0.29) is 5.69 Å². The molecule has 2 aromatic rings. The molecule has 124 valence electrons. The Hall–Kier alpha value is -2.67. The zero-order valence-electron chi connectivity index (χ0n) is 12.7. The van der Waals surface area contributed by atoms with Gasteiger partial charge in [-0.15, -0.1) is 0 Å². The van der Waals surface area contributed by atoms with Crippen molar-refractivity contribution in [2.75, 3.05) is 5.32 Å². The van der Waals surface area contributed by atoms with Crippen LogP contribution in [0.25, 0.3) is 0 Å². The number of nitro groups is 1. The first-order valence-electron chi connectivity index (χ1n) is 7.23. The third kappa shape index (κ3) is 3.16. The van der Waals surface area contributed by atoms with E-state index in [4.69, 9.17) is 16.3 Å². The van der Waals surface area contributed by atoms with Crippen molar-refractivity contribution in [1.82, 2.24) is 4.98 Å². The highest BCUT2D eigenvalue weighted by atomic mass is 35.5. The zero-order valence-corrected chi connectivity index (χ0v) is 13.5. The summed E-state index contributed by atoms with van der Waals surface area (Å²) in [7, 11) is 0. The normalized spacial score (nSPS) is 22.9. The van der Waals surface area contributed by atoms with Gasteiger partial charge in [0.2, 0.25) is 0 Å². The summed E-state index contributed by atoms with van der Waals surface area (Å²) >= 11 is 5.89. The smallest absolute Gasteiger partial charge is 0.329 e. The molecule has 1 fully saturated rings. The minimum atomic E-state index is -0.764. The molecule has 3 rings (SSSR count). The fraction of sp³-hybridized carbons (Fsp3) is 0.250. The summed E-state index contributed by atoms with van der Waals surface area (Å²) in [6.07, 6.45) is 1.55. The van der Waals surface area contributed by atoms with Gasteiger partial charge in [0, 0.05) is 17.5 Å². The molecule has 1 saturated heterocycles. The summed E-state index contributed by atoms with van der Waals surface area (Å²) in [6.45, 7) is 1.83. The minimum Gasteiger partial charge on any atom is -0.453 e. The number of esters is 1. The van der Waals surface area contributed by atoms with Gasteiger partial charge < -0.3 is 10.1 Å². The molecule has 7 nitrogen and oxygen atoms in total. The van der Waals surface area contributed by atoms with Gasteiger partial charge in [-0.05, 0) is 30.7 Å². The number of ether oxygens (including phenoxy) is 1. The molecule has 0 amide bonds. The van der Waals surface area contributed by atoms with Crippen molar-refractivity contribution in [3.8, 4) is 0 Å². The van der Waals surface area contributed by atoms with Crippen LogP contribution in [0, 0.1) is 10.1 Å². The van der Waals surface area contributed by atoms with Crippen molar-refractivity contribution < 1.29 is 14.5 Å². The number of carbonyl (C=O) groups is 1. The second-order valence-electron chi connectivity index (χ2n) is 5.72. The lowest BCUT2D eigenvalue weighted by molar-refractivity contribution is -0.385. The molecule has 2 unspecified atom stereocenters. The highest BCUT2D eigenvalue weighted by molar-refractivity contribution is 6.30. The Labute approximate surface area is 142 Å². The topological polar surface area (TPSA) is 94.4 Å². The van der Waals surface area contributed by atoms with E-state index in [9.17, 15) is 14.9 Å². The molecule has 0 aliphatic carbocycles. The molecule has 1 aliphatic heterocycles. The highest BCUT2D eigenvalue weighted by Gasteiger charge is 2.44. The summed E-state index contributed by atoms with van der Waals surface area (Å²) in [4.78, 5) is 26.2. The molecule has 0 radical (unpaired) electrons. The molecule has 0 spiro atoms. The number of nitrogens with one attached hydrogen (secondary N) is 1. The van der Waals surface area contributed by atoms with Crippen LogP contribution in [0.15, 0.2) is 42.6 Å². The Kier molecular flexibility index (Phi) is 4.11. The summed E-state index contributed by atoms with van der Waals surface area (Å²) < 4.78 is 5.54. The maximum Gasteiger partial charge on any atom is 0.329 e. The van der Waals surface area contributed by atoms with Crippen LogP contribution < -0.4 is 5.32 Å². The molecule has 2 atom stereocenters. The fourth-order valence-electron chi connectivity index (χ4n) is 2.65. The quantitative estimate of drug-likeness (QED) is 0.518. The highest BCUT2D eigenvalue weighted by Crippen LogP contribution is 2.37. The number of hydrogen-bond donors (Lipinski definition) is 1. The number of hydrogen-bond acceptors (Lipinski definition) is 6. The molecule has 1 aromatic carbocycles. The van der Waals surface area contributed by atoms with Crippen molar-refractivity contribution >= 4 is 29.1 Å². The van der Waals surface area contributed by atoms with Crippen molar-refractivity contribution in [3.05, 3.63) is 63.3 Å². The van der Waals surface area contributed by atoms with Crippen LogP contribution in [-0.4, -0.2) is 21.9 Å². The third-order valence-electron chi connectivity index (χ3n) is 3.94. The maximum atomic E-state index is 12.2. The van der Waals surface area contributed by atoms with Gasteiger partial charge in [0.15, 0.2) is 0 Å². The van der Waals surface area contributed by atoms with Crippen molar-refractivity contribution in [1.29, 1.82) is 0 Å². The van der Waals surface area contributed by atoms with Gasteiger partial charge in [0.05, 0.1) is 4.92 Å². The fourth-order valence-corrected chi connectivity index (χ4v) is 2.78. The van der Waals surface area contributed by atoms with Gasteiger partial charge in [0.1, 0.15) is 23.7 Å². The predicted octanol–water partition coefficient (Wildman–Crippen LogP) is 3.29. The van der Waals surface area contributed by atoms with Crippen molar-refractivity contribution in [2.24, 2.45) is 0 Å². The van der Waals surface area contributed by atoms with Crippen LogP contribution in [0.5, 0.6) is 0 Å². The number of aromatic nitrogens is 1. The zero-order chi connectivity index (χ0) is 17.3. The minimum absolute atomic E-state index is 0.111. The number of carbonyl (C=O) groups excluding carboxylic acids is 1. The van der Waals surface area contributed by atoms with Crippen LogP contribution in [0.3, 0.4) is 0 Å².